The van der Waals surface area contributed by atoms with E-state index < -0.39 is 0 Å². The van der Waals surface area contributed by atoms with Gasteiger partial charge in [0.25, 0.3) is 0 Å². The maximum Gasteiger partial charge on any atom is 0.225 e. The number of halogens is 1. The first-order valence-corrected chi connectivity index (χ1v) is 12.7. The number of amides is 1. The van der Waals surface area contributed by atoms with Gasteiger partial charge in [-0.05, 0) is 97.9 Å². The zero-order valence-corrected chi connectivity index (χ0v) is 20.5. The Morgan fingerprint density at radius 2 is 2.17 bits per heavy atom. The SMILES string of the molecule is COc1ccc(NC(=O)CCC[C@@H]2C/C(=N\O)[C@@]3(C)CCC4c5cccc(F)c5CCC4C23)nc1. The molecule has 0 radical (unpaired) electrons. The highest BCUT2D eigenvalue weighted by Crippen LogP contribution is 2.62. The van der Waals surface area contributed by atoms with Crippen LogP contribution in [-0.4, -0.2) is 28.9 Å². The Morgan fingerprint density at radius 3 is 2.91 bits per heavy atom. The van der Waals surface area contributed by atoms with E-state index in [9.17, 15) is 14.4 Å². The van der Waals surface area contributed by atoms with Gasteiger partial charge in [-0.25, -0.2) is 9.37 Å². The lowest BCUT2D eigenvalue weighted by Gasteiger charge is -2.50. The maximum absolute atomic E-state index is 14.5. The van der Waals surface area contributed by atoms with Crippen LogP contribution in [0.15, 0.2) is 41.7 Å². The van der Waals surface area contributed by atoms with Crippen LogP contribution in [-0.2, 0) is 11.2 Å². The van der Waals surface area contributed by atoms with Crippen LogP contribution in [0.2, 0.25) is 0 Å². The van der Waals surface area contributed by atoms with E-state index >= 15 is 0 Å². The van der Waals surface area contributed by atoms with Gasteiger partial charge in [-0.2, -0.15) is 0 Å². The molecular weight excluding hydrogens is 445 g/mol. The minimum atomic E-state index is -0.124. The summed E-state index contributed by atoms with van der Waals surface area (Å²) in [4.78, 5) is 16.7. The fraction of sp³-hybridized carbons (Fsp3) is 0.536. The molecule has 35 heavy (non-hydrogen) atoms. The molecule has 1 aromatic heterocycles. The first kappa shape index (κ1) is 23.8. The number of carbonyl (C=O) groups is 1. The van der Waals surface area contributed by atoms with Crippen LogP contribution in [0, 0.1) is 29.0 Å². The molecule has 1 aromatic carbocycles. The van der Waals surface area contributed by atoms with Gasteiger partial charge in [0, 0.05) is 11.8 Å². The molecule has 0 spiro atoms. The molecule has 0 bridgehead atoms. The summed E-state index contributed by atoms with van der Waals surface area (Å²) < 4.78 is 19.6. The highest BCUT2D eigenvalue weighted by Gasteiger charge is 2.57. The molecule has 3 aliphatic rings. The Kier molecular flexibility index (Phi) is 6.51. The Bertz CT molecular complexity index is 1120. The van der Waals surface area contributed by atoms with Crippen LogP contribution in [0.25, 0.3) is 0 Å². The highest BCUT2D eigenvalue weighted by atomic mass is 19.1. The van der Waals surface area contributed by atoms with E-state index in [-0.39, 0.29) is 17.1 Å². The van der Waals surface area contributed by atoms with Crippen LogP contribution in [0.1, 0.15) is 68.9 Å². The van der Waals surface area contributed by atoms with Crippen molar-refractivity contribution in [2.45, 2.75) is 64.2 Å². The Hall–Kier alpha value is -2.96. The standard InChI is InChI=1S/C28H34FN3O3/c1-28-14-13-20-19-6-4-7-23(29)21(19)10-11-22(20)27(28)17(15-24(28)32-34)5-3-8-26(33)31-25-12-9-18(35-2)16-30-25/h4,6-7,9,12,16-17,20,22,27,34H,3,5,8,10-11,13-15H2,1-2H3,(H,30,31,33)/b32-24+/t17-,20?,22?,27?,28-/m1/s1. The molecule has 5 rings (SSSR count). The van der Waals surface area contributed by atoms with Crippen molar-refractivity contribution in [3.8, 4) is 5.75 Å². The Balaban J connectivity index is 1.27. The van der Waals surface area contributed by atoms with Gasteiger partial charge in [0.2, 0.25) is 5.91 Å². The first-order valence-electron chi connectivity index (χ1n) is 12.7. The fourth-order valence-corrected chi connectivity index (χ4v) is 7.38. The van der Waals surface area contributed by atoms with Gasteiger partial charge < -0.3 is 15.3 Å². The van der Waals surface area contributed by atoms with Crippen LogP contribution >= 0.6 is 0 Å². The molecule has 1 heterocycles. The van der Waals surface area contributed by atoms with E-state index in [4.69, 9.17) is 4.74 Å². The lowest BCUT2D eigenvalue weighted by atomic mass is 9.54. The summed E-state index contributed by atoms with van der Waals surface area (Å²) in [5, 5.41) is 16.5. The number of hydrogen-bond donors (Lipinski definition) is 2. The molecule has 1 amide bonds. The zero-order valence-electron chi connectivity index (χ0n) is 20.5. The number of anilines is 1. The smallest absolute Gasteiger partial charge is 0.225 e. The monoisotopic (exact) mass is 479 g/mol. The highest BCUT2D eigenvalue weighted by molar-refractivity contribution is 5.92. The molecule has 6 nitrogen and oxygen atoms in total. The molecule has 2 fully saturated rings. The molecule has 3 unspecified atom stereocenters. The number of pyridine rings is 1. The number of rotatable bonds is 6. The second-order valence-corrected chi connectivity index (χ2v) is 10.6. The lowest BCUT2D eigenvalue weighted by Crippen LogP contribution is -2.44. The summed E-state index contributed by atoms with van der Waals surface area (Å²) in [6.07, 6.45) is 8.13. The predicted octanol–water partition coefficient (Wildman–Crippen LogP) is 5.95. The summed E-state index contributed by atoms with van der Waals surface area (Å²) in [7, 11) is 1.58. The number of carbonyl (C=O) groups excluding carboxylic acids is 1. The zero-order chi connectivity index (χ0) is 24.6. The van der Waals surface area contributed by atoms with Crippen LogP contribution in [0.5, 0.6) is 5.75 Å². The molecule has 0 aliphatic heterocycles. The quantitative estimate of drug-likeness (QED) is 0.396. The molecule has 2 N–H and O–H groups in total. The van der Waals surface area contributed by atoms with E-state index in [1.807, 2.05) is 6.07 Å². The van der Waals surface area contributed by atoms with Gasteiger partial charge in [-0.15, -0.1) is 0 Å². The third-order valence-corrected chi connectivity index (χ3v) is 8.93. The average Bonchev–Trinajstić information content (AvgIpc) is 3.16. The molecule has 3 aliphatic carbocycles. The van der Waals surface area contributed by atoms with Crippen molar-refractivity contribution < 1.29 is 19.1 Å². The van der Waals surface area contributed by atoms with Crippen molar-refractivity contribution in [1.82, 2.24) is 4.98 Å². The number of methoxy groups -OCH3 is 1. The molecule has 0 saturated heterocycles. The number of aromatic nitrogens is 1. The number of ether oxygens (including phenoxy) is 1. The number of nitrogens with zero attached hydrogens (tertiary/aromatic N) is 2. The second-order valence-electron chi connectivity index (χ2n) is 10.6. The summed E-state index contributed by atoms with van der Waals surface area (Å²) in [5.74, 6) is 2.59. The molecule has 186 valence electrons. The van der Waals surface area contributed by atoms with Crippen molar-refractivity contribution in [3.05, 3.63) is 53.5 Å². The van der Waals surface area contributed by atoms with Crippen molar-refractivity contribution in [1.29, 1.82) is 0 Å². The fourth-order valence-electron chi connectivity index (χ4n) is 7.38. The molecular formula is C28H34FN3O3. The average molecular weight is 480 g/mol. The predicted molar refractivity (Wildman–Crippen MR) is 132 cm³/mol. The lowest BCUT2D eigenvalue weighted by molar-refractivity contribution is -0.116. The van der Waals surface area contributed by atoms with Crippen molar-refractivity contribution in [2.24, 2.45) is 28.3 Å². The summed E-state index contributed by atoms with van der Waals surface area (Å²) in [6, 6.07) is 9.03. The molecule has 2 saturated carbocycles. The number of benzene rings is 1. The maximum atomic E-state index is 14.5. The summed E-state index contributed by atoms with van der Waals surface area (Å²) in [5.41, 5.74) is 2.86. The van der Waals surface area contributed by atoms with E-state index in [2.05, 4.69) is 28.4 Å². The second kappa shape index (κ2) is 9.59. The van der Waals surface area contributed by atoms with Gasteiger partial charge in [0.1, 0.15) is 17.4 Å². The number of hydrogen-bond acceptors (Lipinski definition) is 5. The third-order valence-electron chi connectivity index (χ3n) is 8.93. The van der Waals surface area contributed by atoms with Gasteiger partial charge >= 0.3 is 0 Å². The van der Waals surface area contributed by atoms with Crippen LogP contribution in [0.4, 0.5) is 10.2 Å². The topological polar surface area (TPSA) is 83.8 Å². The van der Waals surface area contributed by atoms with Crippen molar-refractivity contribution >= 4 is 17.4 Å². The van der Waals surface area contributed by atoms with Crippen molar-refractivity contribution in [2.75, 3.05) is 12.4 Å². The first-order chi connectivity index (χ1) is 16.9. The van der Waals surface area contributed by atoms with E-state index in [0.717, 1.165) is 56.2 Å². The van der Waals surface area contributed by atoms with Gasteiger partial charge in [-0.3, -0.25) is 4.79 Å². The van der Waals surface area contributed by atoms with Crippen LogP contribution < -0.4 is 10.1 Å². The minimum absolute atomic E-state index is 0.0527. The normalized spacial score (nSPS) is 30.3. The molecule has 7 heteroatoms. The largest absolute Gasteiger partial charge is 0.495 e. The van der Waals surface area contributed by atoms with Gasteiger partial charge in [-0.1, -0.05) is 24.2 Å². The van der Waals surface area contributed by atoms with E-state index in [1.54, 1.807) is 31.5 Å². The minimum Gasteiger partial charge on any atom is -0.495 e. The summed E-state index contributed by atoms with van der Waals surface area (Å²) in [6.45, 7) is 2.26. The van der Waals surface area contributed by atoms with Crippen LogP contribution in [0.3, 0.4) is 0 Å². The van der Waals surface area contributed by atoms with Gasteiger partial charge in [0.15, 0.2) is 0 Å². The van der Waals surface area contributed by atoms with E-state index in [0.29, 0.717) is 41.7 Å². The summed E-state index contributed by atoms with van der Waals surface area (Å²) >= 11 is 0. The Morgan fingerprint density at radius 1 is 1.31 bits per heavy atom. The number of oxime groups is 1. The molecule has 2 aromatic rings. The van der Waals surface area contributed by atoms with Crippen molar-refractivity contribution in [3.63, 3.8) is 0 Å². The Labute approximate surface area is 206 Å². The third kappa shape index (κ3) is 4.30. The molecule has 5 atom stereocenters. The number of nitrogens with one attached hydrogen (secondary N) is 1. The van der Waals surface area contributed by atoms with Gasteiger partial charge in [0.05, 0.1) is 19.0 Å². The van der Waals surface area contributed by atoms with E-state index in [1.165, 1.54) is 5.56 Å². The number of fused-ring (bicyclic) bond motifs is 5.